The molecule has 0 radical (unpaired) electrons. The minimum absolute atomic E-state index is 0.0334. The van der Waals surface area contributed by atoms with Crippen LogP contribution in [0.3, 0.4) is 0 Å². The van der Waals surface area contributed by atoms with Crippen molar-refractivity contribution < 1.29 is 9.28 Å². The third kappa shape index (κ3) is 6.31. The molecule has 1 rings (SSSR count). The first-order valence-corrected chi connectivity index (χ1v) is 9.79. The zero-order valence-corrected chi connectivity index (χ0v) is 16.2. The fourth-order valence-electron chi connectivity index (χ4n) is 3.60. The molecule has 1 heterocycles. The van der Waals surface area contributed by atoms with Crippen LogP contribution in [-0.4, -0.2) is 29.3 Å². The normalized spacial score (nSPS) is 24.2. The summed E-state index contributed by atoms with van der Waals surface area (Å²) < 4.78 is 0.765. The molecule has 1 amide bonds. The zero-order chi connectivity index (χ0) is 17.8. The SMILES string of the molecule is CCCCCCCC/C=C/CC1NC=C[N+]1(CC)C(C)NC(C)=O. The van der Waals surface area contributed by atoms with Crippen LogP contribution in [0.4, 0.5) is 0 Å². The first kappa shape index (κ1) is 20.8. The lowest BCUT2D eigenvalue weighted by Crippen LogP contribution is -2.62. The molecule has 0 aliphatic carbocycles. The maximum absolute atomic E-state index is 11.4. The van der Waals surface area contributed by atoms with Gasteiger partial charge in [0.15, 0.2) is 12.3 Å². The van der Waals surface area contributed by atoms with Crippen molar-refractivity contribution in [3.63, 3.8) is 0 Å². The Morgan fingerprint density at radius 3 is 2.58 bits per heavy atom. The smallest absolute Gasteiger partial charge is 0.221 e. The minimum Gasteiger partial charge on any atom is -0.337 e. The lowest BCUT2D eigenvalue weighted by molar-refractivity contribution is -0.923. The Morgan fingerprint density at radius 1 is 1.21 bits per heavy atom. The van der Waals surface area contributed by atoms with Gasteiger partial charge in [-0.2, -0.15) is 0 Å². The van der Waals surface area contributed by atoms with Gasteiger partial charge in [0.2, 0.25) is 5.91 Å². The number of allylic oxidation sites excluding steroid dienone is 1. The van der Waals surface area contributed by atoms with Crippen LogP contribution in [0.15, 0.2) is 24.6 Å². The molecule has 0 bridgehead atoms. The van der Waals surface area contributed by atoms with Gasteiger partial charge in [-0.05, 0) is 19.8 Å². The first-order chi connectivity index (χ1) is 11.6. The quantitative estimate of drug-likeness (QED) is 0.315. The second-order valence-corrected chi connectivity index (χ2v) is 6.95. The van der Waals surface area contributed by atoms with Crippen LogP contribution >= 0.6 is 0 Å². The Morgan fingerprint density at radius 2 is 1.92 bits per heavy atom. The summed E-state index contributed by atoms with van der Waals surface area (Å²) in [5, 5.41) is 6.53. The number of hydrogen-bond donors (Lipinski definition) is 2. The van der Waals surface area contributed by atoms with Crippen LogP contribution in [0.5, 0.6) is 0 Å². The molecule has 0 aromatic rings. The molecule has 0 spiro atoms. The number of nitrogens with one attached hydrogen (secondary N) is 2. The van der Waals surface area contributed by atoms with Gasteiger partial charge >= 0.3 is 0 Å². The van der Waals surface area contributed by atoms with Crippen LogP contribution in [0.25, 0.3) is 0 Å². The zero-order valence-electron chi connectivity index (χ0n) is 16.2. The van der Waals surface area contributed by atoms with Gasteiger partial charge in [0.05, 0.1) is 12.7 Å². The summed E-state index contributed by atoms with van der Waals surface area (Å²) in [5.74, 6) is 0.0334. The van der Waals surface area contributed by atoms with E-state index in [1.165, 1.54) is 44.9 Å². The van der Waals surface area contributed by atoms with Crippen molar-refractivity contribution in [2.45, 2.75) is 91.4 Å². The van der Waals surface area contributed by atoms with Crippen LogP contribution in [-0.2, 0) is 4.79 Å². The van der Waals surface area contributed by atoms with Gasteiger partial charge in [-0.25, -0.2) is 0 Å². The van der Waals surface area contributed by atoms with E-state index in [9.17, 15) is 4.79 Å². The molecule has 138 valence electrons. The molecule has 3 unspecified atom stereocenters. The average Bonchev–Trinajstić information content (AvgIpc) is 2.97. The summed E-state index contributed by atoms with van der Waals surface area (Å²) in [5.41, 5.74) is 0. The van der Waals surface area contributed by atoms with Crippen molar-refractivity contribution in [2.24, 2.45) is 0 Å². The Labute approximate surface area is 149 Å². The number of rotatable bonds is 12. The van der Waals surface area contributed by atoms with Gasteiger partial charge < -0.3 is 10.6 Å². The lowest BCUT2D eigenvalue weighted by Gasteiger charge is -2.41. The van der Waals surface area contributed by atoms with Gasteiger partial charge in [-0.15, -0.1) is 0 Å². The Kier molecular flexibility index (Phi) is 9.77. The molecule has 4 nitrogen and oxygen atoms in total. The predicted molar refractivity (Wildman–Crippen MR) is 102 cm³/mol. The minimum atomic E-state index is 0.0334. The van der Waals surface area contributed by atoms with Gasteiger partial charge in [-0.1, -0.05) is 51.2 Å². The second-order valence-electron chi connectivity index (χ2n) is 6.95. The van der Waals surface area contributed by atoms with Crippen molar-refractivity contribution in [3.05, 3.63) is 24.6 Å². The molecule has 0 aromatic carbocycles. The van der Waals surface area contributed by atoms with E-state index in [1.54, 1.807) is 6.92 Å². The predicted octanol–water partition coefficient (Wildman–Crippen LogP) is 4.40. The molecule has 4 heteroatoms. The summed E-state index contributed by atoms with van der Waals surface area (Å²) >= 11 is 0. The molecular formula is C20H38N3O+. The molecule has 0 saturated carbocycles. The highest BCUT2D eigenvalue weighted by atomic mass is 16.1. The molecule has 1 aliphatic rings. The maximum Gasteiger partial charge on any atom is 0.221 e. The molecule has 0 fully saturated rings. The summed E-state index contributed by atoms with van der Waals surface area (Å²) in [6.07, 6.45) is 19.5. The van der Waals surface area contributed by atoms with E-state index in [4.69, 9.17) is 0 Å². The number of hydrogen-bond acceptors (Lipinski definition) is 2. The van der Waals surface area contributed by atoms with E-state index in [1.807, 2.05) is 6.20 Å². The molecule has 0 aromatic heterocycles. The number of unbranched alkanes of at least 4 members (excludes halogenated alkanes) is 6. The Balaban J connectivity index is 2.37. The highest BCUT2D eigenvalue weighted by Crippen LogP contribution is 2.24. The van der Waals surface area contributed by atoms with Crippen molar-refractivity contribution >= 4 is 5.91 Å². The summed E-state index contributed by atoms with van der Waals surface area (Å²) in [4.78, 5) is 11.4. The number of amides is 1. The standard InChI is InChI=1S/C20H37N3O/c1-5-7-8-9-10-11-12-13-14-15-20-21-16-17-23(20,6-2)18(3)22-19(4)24/h13-14,16-18,20-21H,5-12,15H2,1-4H3/p+1/b14-13+. The Bertz CT molecular complexity index is 419. The van der Waals surface area contributed by atoms with Crippen LogP contribution in [0.1, 0.15) is 79.1 Å². The van der Waals surface area contributed by atoms with Crippen LogP contribution < -0.4 is 10.6 Å². The summed E-state index contributed by atoms with van der Waals surface area (Å²) in [6, 6.07) is 0. The first-order valence-electron chi connectivity index (χ1n) is 9.79. The van der Waals surface area contributed by atoms with Crippen molar-refractivity contribution in [2.75, 3.05) is 6.54 Å². The number of carbonyl (C=O) groups is 1. The third-order valence-electron chi connectivity index (χ3n) is 5.15. The van der Waals surface area contributed by atoms with E-state index in [-0.39, 0.29) is 12.1 Å². The van der Waals surface area contributed by atoms with Crippen LogP contribution in [0.2, 0.25) is 0 Å². The molecule has 1 aliphatic heterocycles. The molecular weight excluding hydrogens is 298 g/mol. The summed E-state index contributed by atoms with van der Waals surface area (Å²) in [7, 11) is 0. The van der Waals surface area contributed by atoms with Crippen molar-refractivity contribution in [1.82, 2.24) is 10.6 Å². The fraction of sp³-hybridized carbons (Fsp3) is 0.750. The largest absolute Gasteiger partial charge is 0.337 e. The van der Waals surface area contributed by atoms with Gasteiger partial charge in [0.1, 0.15) is 6.20 Å². The molecule has 2 N–H and O–H groups in total. The fourth-order valence-corrected chi connectivity index (χ4v) is 3.60. The van der Waals surface area contributed by atoms with Gasteiger partial charge in [-0.3, -0.25) is 9.28 Å². The monoisotopic (exact) mass is 336 g/mol. The maximum atomic E-state index is 11.4. The number of carbonyl (C=O) groups excluding carboxylic acids is 1. The van der Waals surface area contributed by atoms with Crippen molar-refractivity contribution in [3.8, 4) is 0 Å². The van der Waals surface area contributed by atoms with E-state index in [2.05, 4.69) is 49.8 Å². The average molecular weight is 337 g/mol. The van der Waals surface area contributed by atoms with Gasteiger partial charge in [0.25, 0.3) is 0 Å². The Hall–Kier alpha value is -1.29. The van der Waals surface area contributed by atoms with Crippen molar-refractivity contribution in [1.29, 1.82) is 0 Å². The molecule has 0 saturated heterocycles. The number of quaternary nitrogens is 1. The van der Waals surface area contributed by atoms with E-state index in [0.717, 1.165) is 17.4 Å². The summed E-state index contributed by atoms with van der Waals surface area (Å²) in [6.45, 7) is 9.08. The highest BCUT2D eigenvalue weighted by molar-refractivity contribution is 5.72. The van der Waals surface area contributed by atoms with E-state index >= 15 is 0 Å². The van der Waals surface area contributed by atoms with Crippen LogP contribution in [0, 0.1) is 0 Å². The molecule has 3 atom stereocenters. The topological polar surface area (TPSA) is 41.1 Å². The van der Waals surface area contributed by atoms with E-state index in [0.29, 0.717) is 6.17 Å². The third-order valence-corrected chi connectivity index (χ3v) is 5.15. The lowest BCUT2D eigenvalue weighted by atomic mass is 10.1. The van der Waals surface area contributed by atoms with Gasteiger partial charge in [0, 0.05) is 20.3 Å². The van der Waals surface area contributed by atoms with E-state index < -0.39 is 0 Å². The molecule has 24 heavy (non-hydrogen) atoms. The number of nitrogens with zero attached hydrogens (tertiary/aromatic N) is 1. The highest BCUT2D eigenvalue weighted by Gasteiger charge is 2.41. The second kappa shape index (κ2) is 11.3.